The first kappa shape index (κ1) is 40.3. The Morgan fingerprint density at radius 3 is 1.91 bits per heavy atom. The number of pyridine rings is 2. The van der Waals surface area contributed by atoms with E-state index in [2.05, 4.69) is 26.3 Å². The molecule has 2 aliphatic rings. The maximum Gasteiger partial charge on any atom is 0.490 e. The molecule has 2 atom stereocenters. The van der Waals surface area contributed by atoms with Gasteiger partial charge in [0.15, 0.2) is 0 Å². The molecule has 0 radical (unpaired) electrons. The number of halogens is 9. The molecule has 2 saturated heterocycles. The van der Waals surface area contributed by atoms with Gasteiger partial charge >= 0.3 is 36.4 Å². The Balaban J connectivity index is 0.000000430. The monoisotopic (exact) mass is 694 g/mol. The largest absolute Gasteiger partial charge is 0.492 e. The lowest BCUT2D eigenvalue weighted by Crippen LogP contribution is -2.40. The summed E-state index contributed by atoms with van der Waals surface area (Å²) >= 11 is 0. The van der Waals surface area contributed by atoms with E-state index in [1.165, 1.54) is 0 Å². The SMILES string of the molecule is Cc1cccc(CN2CC[C@]3(C2)C(=O)NC[C@H]3COc2cccnc2)n1.O=C(O)C(F)(F)F.O=C(O)C(F)(F)F.O=C(O)C(F)(F)F. The van der Waals surface area contributed by atoms with Gasteiger partial charge in [-0.15, -0.1) is 0 Å². The van der Waals surface area contributed by atoms with E-state index in [9.17, 15) is 44.3 Å². The predicted molar refractivity (Wildman–Crippen MR) is 139 cm³/mol. The van der Waals surface area contributed by atoms with Gasteiger partial charge in [-0.05, 0) is 44.2 Å². The van der Waals surface area contributed by atoms with E-state index in [1.54, 1.807) is 12.4 Å². The van der Waals surface area contributed by atoms with E-state index in [-0.39, 0.29) is 17.2 Å². The molecule has 2 aromatic heterocycles. The maximum absolute atomic E-state index is 12.7. The maximum atomic E-state index is 12.7. The zero-order chi connectivity index (χ0) is 36.2. The summed E-state index contributed by atoms with van der Waals surface area (Å²) in [6, 6.07) is 9.85. The number of aliphatic carboxylic acids is 3. The lowest BCUT2D eigenvalue weighted by molar-refractivity contribution is -0.193. The van der Waals surface area contributed by atoms with Gasteiger partial charge in [-0.3, -0.25) is 19.7 Å². The van der Waals surface area contributed by atoms with Crippen LogP contribution in [0.25, 0.3) is 0 Å². The molecular formula is C26H27F9N4O8. The molecule has 2 fully saturated rings. The Kier molecular flexibility index (Phi) is 14.4. The average Bonchev–Trinajstić information content (AvgIpc) is 3.50. The van der Waals surface area contributed by atoms with E-state index >= 15 is 0 Å². The Morgan fingerprint density at radius 1 is 0.936 bits per heavy atom. The second kappa shape index (κ2) is 16.7. The summed E-state index contributed by atoms with van der Waals surface area (Å²) in [6.45, 7) is 5.66. The van der Waals surface area contributed by atoms with Crippen molar-refractivity contribution in [1.29, 1.82) is 0 Å². The van der Waals surface area contributed by atoms with E-state index in [0.29, 0.717) is 13.2 Å². The number of ether oxygens (including phenoxy) is 1. The molecule has 0 bridgehead atoms. The van der Waals surface area contributed by atoms with Gasteiger partial charge in [0.05, 0.1) is 23.9 Å². The van der Waals surface area contributed by atoms with Crippen molar-refractivity contribution in [2.75, 3.05) is 26.2 Å². The second-order valence-electron chi connectivity index (χ2n) is 9.70. The van der Waals surface area contributed by atoms with Crippen LogP contribution in [-0.2, 0) is 25.7 Å². The van der Waals surface area contributed by atoms with Crippen molar-refractivity contribution < 1.29 is 78.7 Å². The standard InChI is InChI=1S/C20H24N4O2.3C2HF3O2/c1-15-4-2-5-17(23-15)12-24-9-7-20(14-24)16(10-22-19(20)25)13-26-18-6-3-8-21-11-18;3*3-2(4,5)1(6)7/h2-6,8,11,16H,7,9-10,12-14H2,1H3,(H,22,25);3*(H,6,7)/t16-,20+;;;/m0.../s1. The number of hydrogen-bond donors (Lipinski definition) is 4. The Hall–Kier alpha value is -4.69. The third kappa shape index (κ3) is 13.7. The lowest BCUT2D eigenvalue weighted by Gasteiger charge is -2.28. The molecule has 2 aliphatic heterocycles. The van der Waals surface area contributed by atoms with Crippen molar-refractivity contribution in [3.63, 3.8) is 0 Å². The first-order chi connectivity index (χ1) is 21.5. The summed E-state index contributed by atoms with van der Waals surface area (Å²) in [5.74, 6) is -7.18. The molecule has 47 heavy (non-hydrogen) atoms. The molecule has 2 aromatic rings. The summed E-state index contributed by atoms with van der Waals surface area (Å²) in [5.41, 5.74) is 1.73. The fraction of sp³-hybridized carbons (Fsp3) is 0.462. The number of carbonyl (C=O) groups excluding carboxylic acids is 1. The van der Waals surface area contributed by atoms with Crippen molar-refractivity contribution in [3.8, 4) is 5.75 Å². The van der Waals surface area contributed by atoms with E-state index in [0.717, 1.165) is 43.2 Å². The Bertz CT molecular complexity index is 1300. The fourth-order valence-corrected chi connectivity index (χ4v) is 4.11. The van der Waals surface area contributed by atoms with Crippen LogP contribution in [0.15, 0.2) is 42.7 Å². The summed E-state index contributed by atoms with van der Waals surface area (Å²) < 4.78 is 101. The zero-order valence-corrected chi connectivity index (χ0v) is 24.0. The number of carbonyl (C=O) groups is 4. The Morgan fingerprint density at radius 2 is 1.47 bits per heavy atom. The summed E-state index contributed by atoms with van der Waals surface area (Å²) in [7, 11) is 0. The zero-order valence-electron chi connectivity index (χ0n) is 24.0. The van der Waals surface area contributed by atoms with Gasteiger partial charge in [0.2, 0.25) is 5.91 Å². The number of aromatic nitrogens is 2. The summed E-state index contributed by atoms with van der Waals surface area (Å²) in [5, 5.41) is 24.4. The highest BCUT2D eigenvalue weighted by molar-refractivity contribution is 5.86. The molecule has 262 valence electrons. The van der Waals surface area contributed by atoms with Crippen LogP contribution in [0.3, 0.4) is 0 Å². The molecule has 4 N–H and O–H groups in total. The van der Waals surface area contributed by atoms with Crippen molar-refractivity contribution >= 4 is 23.8 Å². The number of nitrogens with zero attached hydrogens (tertiary/aromatic N) is 3. The average molecular weight is 695 g/mol. The smallest absolute Gasteiger partial charge is 0.490 e. The molecule has 0 saturated carbocycles. The number of carboxylic acid groups (broad SMARTS) is 3. The van der Waals surface area contributed by atoms with Gasteiger partial charge in [-0.25, -0.2) is 14.4 Å². The van der Waals surface area contributed by atoms with Gasteiger partial charge < -0.3 is 25.4 Å². The number of amides is 1. The first-order valence-electron chi connectivity index (χ1n) is 12.9. The normalized spacial score (nSPS) is 19.2. The lowest BCUT2D eigenvalue weighted by atomic mass is 9.77. The number of nitrogens with one attached hydrogen (secondary N) is 1. The number of rotatable bonds is 5. The number of hydrogen-bond acceptors (Lipinski definition) is 8. The molecule has 1 spiro atoms. The van der Waals surface area contributed by atoms with Crippen LogP contribution in [0.5, 0.6) is 5.75 Å². The summed E-state index contributed by atoms with van der Waals surface area (Å²) in [6.07, 6.45) is -10.9. The van der Waals surface area contributed by atoms with Crippen LogP contribution in [-0.4, -0.2) is 98.8 Å². The van der Waals surface area contributed by atoms with Crippen molar-refractivity contribution in [1.82, 2.24) is 20.2 Å². The molecule has 0 aliphatic carbocycles. The third-order valence-corrected chi connectivity index (χ3v) is 6.27. The number of likely N-dealkylation sites (tertiary alicyclic amines) is 1. The predicted octanol–water partition coefficient (Wildman–Crippen LogP) is 3.70. The molecule has 1 amide bonds. The Labute approximate surface area is 259 Å². The molecular weight excluding hydrogens is 667 g/mol. The number of alkyl halides is 9. The van der Waals surface area contributed by atoms with Crippen molar-refractivity contribution in [2.24, 2.45) is 11.3 Å². The fourth-order valence-electron chi connectivity index (χ4n) is 4.11. The van der Waals surface area contributed by atoms with Crippen LogP contribution < -0.4 is 10.1 Å². The highest BCUT2D eigenvalue weighted by atomic mass is 19.4. The minimum absolute atomic E-state index is 0.164. The quantitative estimate of drug-likeness (QED) is 0.336. The van der Waals surface area contributed by atoms with E-state index in [4.69, 9.17) is 34.4 Å². The minimum atomic E-state index is -5.08. The van der Waals surface area contributed by atoms with Crippen LogP contribution >= 0.6 is 0 Å². The molecule has 0 aromatic carbocycles. The minimum Gasteiger partial charge on any atom is -0.492 e. The molecule has 4 heterocycles. The number of carboxylic acids is 3. The van der Waals surface area contributed by atoms with Gasteiger partial charge in [0.25, 0.3) is 0 Å². The molecule has 21 heteroatoms. The molecule has 4 rings (SSSR count). The van der Waals surface area contributed by atoms with Gasteiger partial charge in [0.1, 0.15) is 5.75 Å². The topological polar surface area (TPSA) is 179 Å². The van der Waals surface area contributed by atoms with E-state index in [1.807, 2.05) is 31.2 Å². The number of aryl methyl sites for hydroxylation is 1. The van der Waals surface area contributed by atoms with Gasteiger partial charge in [-0.1, -0.05) is 6.07 Å². The highest BCUT2D eigenvalue weighted by Gasteiger charge is 2.54. The summed E-state index contributed by atoms with van der Waals surface area (Å²) in [4.78, 5) is 50.3. The first-order valence-corrected chi connectivity index (χ1v) is 12.9. The van der Waals surface area contributed by atoms with Crippen LogP contribution in [0.2, 0.25) is 0 Å². The molecule has 0 unspecified atom stereocenters. The van der Waals surface area contributed by atoms with Gasteiger partial charge in [-0.2, -0.15) is 39.5 Å². The second-order valence-corrected chi connectivity index (χ2v) is 9.70. The van der Waals surface area contributed by atoms with Crippen molar-refractivity contribution in [3.05, 3.63) is 54.1 Å². The van der Waals surface area contributed by atoms with Crippen LogP contribution in [0.1, 0.15) is 17.8 Å². The van der Waals surface area contributed by atoms with Crippen LogP contribution in [0, 0.1) is 18.3 Å². The van der Waals surface area contributed by atoms with Crippen LogP contribution in [0.4, 0.5) is 39.5 Å². The third-order valence-electron chi connectivity index (χ3n) is 6.27. The van der Waals surface area contributed by atoms with Gasteiger partial charge in [0, 0.05) is 37.4 Å². The molecule has 12 nitrogen and oxygen atoms in total. The van der Waals surface area contributed by atoms with Crippen molar-refractivity contribution in [2.45, 2.75) is 38.4 Å². The highest BCUT2D eigenvalue weighted by Crippen LogP contribution is 2.42. The van der Waals surface area contributed by atoms with E-state index < -0.39 is 36.4 Å².